The molecule has 184 valence electrons. The maximum Gasteiger partial charge on any atom is 0.416 e. The van der Waals surface area contributed by atoms with E-state index in [-0.39, 0.29) is 28.0 Å². The van der Waals surface area contributed by atoms with Gasteiger partial charge >= 0.3 is 6.18 Å². The monoisotopic (exact) mass is 507 g/mol. The van der Waals surface area contributed by atoms with Gasteiger partial charge in [-0.15, -0.1) is 0 Å². The van der Waals surface area contributed by atoms with Crippen molar-refractivity contribution in [1.29, 1.82) is 0 Å². The largest absolute Gasteiger partial charge is 0.422 e. The number of nitrogens with one attached hydrogen (secondary N) is 1. The smallest absolute Gasteiger partial charge is 0.416 e. The van der Waals surface area contributed by atoms with E-state index in [2.05, 4.69) is 25.4 Å². The summed E-state index contributed by atoms with van der Waals surface area (Å²) in [6, 6.07) is 4.42. The van der Waals surface area contributed by atoms with Crippen LogP contribution in [0.3, 0.4) is 0 Å². The van der Waals surface area contributed by atoms with E-state index >= 15 is 0 Å². The van der Waals surface area contributed by atoms with E-state index in [1.165, 1.54) is 17.2 Å². The van der Waals surface area contributed by atoms with Crippen molar-refractivity contribution in [2.45, 2.75) is 33.0 Å². The van der Waals surface area contributed by atoms with Crippen LogP contribution in [0, 0.1) is 0 Å². The van der Waals surface area contributed by atoms with Crippen LogP contribution < -0.4 is 5.32 Å². The molecule has 9 nitrogen and oxygen atoms in total. The van der Waals surface area contributed by atoms with E-state index < -0.39 is 17.8 Å². The summed E-state index contributed by atoms with van der Waals surface area (Å²) in [6.45, 7) is 6.73. The Hall–Kier alpha value is -3.67. The lowest BCUT2D eigenvalue weighted by Crippen LogP contribution is -2.30. The second-order valence-electron chi connectivity index (χ2n) is 7.60. The lowest BCUT2D eigenvalue weighted by atomic mass is 10.2. The molecule has 3 aromatic heterocycles. The maximum atomic E-state index is 13.1. The van der Waals surface area contributed by atoms with Crippen molar-refractivity contribution in [1.82, 2.24) is 29.6 Å². The standard InChI is InChI=1S/C22H21ClF3N7O2/c1-4-32(5-2)20(34)13-6-7-17(27-10-13)33-19(28-11-29-33)12(3)30-21-31-16-9-14(22(24,25)26)8-15(23)18(16)35-21/h6-12H,4-5H2,1-3H3,(H,30,31)/t12-/m0/s1. The van der Waals surface area contributed by atoms with Crippen molar-refractivity contribution in [2.24, 2.45) is 0 Å². The molecule has 3 heterocycles. The number of anilines is 1. The van der Waals surface area contributed by atoms with Gasteiger partial charge in [0.2, 0.25) is 0 Å². The number of hydrogen-bond donors (Lipinski definition) is 1. The third-order valence-electron chi connectivity index (χ3n) is 5.34. The van der Waals surface area contributed by atoms with Gasteiger partial charge in [0, 0.05) is 19.3 Å². The average molecular weight is 508 g/mol. The number of fused-ring (bicyclic) bond motifs is 1. The molecule has 4 aromatic rings. The van der Waals surface area contributed by atoms with Crippen LogP contribution in [-0.2, 0) is 6.18 Å². The fraction of sp³-hybridized carbons (Fsp3) is 0.318. The van der Waals surface area contributed by atoms with Crippen molar-refractivity contribution in [3.63, 3.8) is 0 Å². The Morgan fingerprint density at radius 3 is 2.60 bits per heavy atom. The number of benzene rings is 1. The van der Waals surface area contributed by atoms with E-state index in [4.69, 9.17) is 16.0 Å². The molecular weight excluding hydrogens is 487 g/mol. The van der Waals surface area contributed by atoms with Gasteiger partial charge in [-0.1, -0.05) is 11.6 Å². The molecule has 0 bridgehead atoms. The number of pyridine rings is 1. The van der Waals surface area contributed by atoms with Crippen LogP contribution in [0.4, 0.5) is 19.2 Å². The Bertz CT molecular complexity index is 1350. The second-order valence-corrected chi connectivity index (χ2v) is 8.01. The summed E-state index contributed by atoms with van der Waals surface area (Å²) in [5.74, 6) is 0.744. The van der Waals surface area contributed by atoms with Gasteiger partial charge in [-0.05, 0) is 45.0 Å². The van der Waals surface area contributed by atoms with Crippen molar-refractivity contribution in [2.75, 3.05) is 18.4 Å². The fourth-order valence-electron chi connectivity index (χ4n) is 3.52. The summed E-state index contributed by atoms with van der Waals surface area (Å²) < 4.78 is 46.2. The molecule has 1 aromatic carbocycles. The zero-order chi connectivity index (χ0) is 25.3. The summed E-state index contributed by atoms with van der Waals surface area (Å²) >= 11 is 5.97. The molecule has 0 spiro atoms. The molecule has 0 fully saturated rings. The number of rotatable bonds is 7. The van der Waals surface area contributed by atoms with Crippen LogP contribution in [0.1, 0.15) is 48.6 Å². The molecule has 1 amide bonds. The maximum absolute atomic E-state index is 13.1. The number of halogens is 4. The minimum absolute atomic E-state index is 0.0311. The van der Waals surface area contributed by atoms with Gasteiger partial charge < -0.3 is 14.6 Å². The summed E-state index contributed by atoms with van der Waals surface area (Å²) in [6.07, 6.45) is -1.75. The Morgan fingerprint density at radius 2 is 1.97 bits per heavy atom. The Kier molecular flexibility index (Phi) is 6.66. The highest BCUT2D eigenvalue weighted by molar-refractivity contribution is 6.34. The van der Waals surface area contributed by atoms with E-state index in [9.17, 15) is 18.0 Å². The molecular formula is C22H21ClF3N7O2. The molecule has 0 unspecified atom stereocenters. The zero-order valence-electron chi connectivity index (χ0n) is 19.0. The highest BCUT2D eigenvalue weighted by atomic mass is 35.5. The van der Waals surface area contributed by atoms with E-state index in [1.54, 1.807) is 24.0 Å². The number of carbonyl (C=O) groups is 1. The Balaban J connectivity index is 1.56. The van der Waals surface area contributed by atoms with Gasteiger partial charge in [-0.25, -0.2) is 9.97 Å². The van der Waals surface area contributed by atoms with Gasteiger partial charge in [0.25, 0.3) is 11.9 Å². The van der Waals surface area contributed by atoms with Crippen LogP contribution >= 0.6 is 11.6 Å². The van der Waals surface area contributed by atoms with Gasteiger partial charge in [0.15, 0.2) is 17.2 Å². The quantitative estimate of drug-likeness (QED) is 0.370. The summed E-state index contributed by atoms with van der Waals surface area (Å²) in [5.41, 5.74) is -0.467. The van der Waals surface area contributed by atoms with E-state index in [0.717, 1.165) is 12.1 Å². The number of aromatic nitrogens is 5. The normalized spacial score (nSPS) is 12.7. The van der Waals surface area contributed by atoms with Gasteiger partial charge in [-0.3, -0.25) is 4.79 Å². The van der Waals surface area contributed by atoms with Gasteiger partial charge in [0.1, 0.15) is 11.8 Å². The average Bonchev–Trinajstić information content (AvgIpc) is 3.46. The molecule has 0 saturated heterocycles. The van der Waals surface area contributed by atoms with E-state index in [0.29, 0.717) is 30.3 Å². The first-order valence-electron chi connectivity index (χ1n) is 10.7. The SMILES string of the molecule is CCN(CC)C(=O)c1ccc(-n2ncnc2[C@H](C)Nc2nc3cc(C(F)(F)F)cc(Cl)c3o2)nc1. The molecule has 0 aliphatic rings. The van der Waals surface area contributed by atoms with Gasteiger partial charge in [-0.2, -0.15) is 27.9 Å². The predicted molar refractivity (Wildman–Crippen MR) is 122 cm³/mol. The summed E-state index contributed by atoms with van der Waals surface area (Å²) in [5, 5.41) is 6.96. The van der Waals surface area contributed by atoms with Gasteiger partial charge in [0.05, 0.1) is 22.2 Å². The van der Waals surface area contributed by atoms with Crippen LogP contribution in [0.5, 0.6) is 0 Å². The third-order valence-corrected chi connectivity index (χ3v) is 5.62. The highest BCUT2D eigenvalue weighted by Gasteiger charge is 2.32. The highest BCUT2D eigenvalue weighted by Crippen LogP contribution is 2.36. The minimum atomic E-state index is -4.56. The van der Waals surface area contributed by atoms with Crippen molar-refractivity contribution >= 4 is 34.6 Å². The zero-order valence-corrected chi connectivity index (χ0v) is 19.7. The molecule has 4 rings (SSSR count). The number of oxazole rings is 1. The first-order chi connectivity index (χ1) is 16.6. The number of amides is 1. The molecule has 0 aliphatic heterocycles. The fourth-order valence-corrected chi connectivity index (χ4v) is 3.77. The molecule has 1 N–H and O–H groups in total. The molecule has 1 atom stereocenters. The first kappa shape index (κ1) is 24.5. The molecule has 13 heteroatoms. The van der Waals surface area contributed by atoms with E-state index in [1.807, 2.05) is 13.8 Å². The number of alkyl halides is 3. The Morgan fingerprint density at radius 1 is 1.23 bits per heavy atom. The topological polar surface area (TPSA) is 102 Å². The number of hydrogen-bond acceptors (Lipinski definition) is 7. The van der Waals surface area contributed by atoms with Crippen molar-refractivity contribution in [3.05, 3.63) is 58.8 Å². The molecule has 0 saturated carbocycles. The van der Waals surface area contributed by atoms with Crippen molar-refractivity contribution in [3.8, 4) is 5.82 Å². The lowest BCUT2D eigenvalue weighted by molar-refractivity contribution is -0.137. The lowest BCUT2D eigenvalue weighted by Gasteiger charge is -2.18. The predicted octanol–water partition coefficient (Wildman–Crippen LogP) is 5.13. The first-order valence-corrected chi connectivity index (χ1v) is 11.1. The van der Waals surface area contributed by atoms with Crippen molar-refractivity contribution < 1.29 is 22.4 Å². The second kappa shape index (κ2) is 9.53. The minimum Gasteiger partial charge on any atom is -0.422 e. The molecule has 35 heavy (non-hydrogen) atoms. The summed E-state index contributed by atoms with van der Waals surface area (Å²) in [4.78, 5) is 26.9. The van der Waals surface area contributed by atoms with Crippen LogP contribution in [0.25, 0.3) is 16.9 Å². The van der Waals surface area contributed by atoms with Crippen LogP contribution in [0.15, 0.2) is 41.2 Å². The molecule has 0 radical (unpaired) electrons. The number of carbonyl (C=O) groups excluding carboxylic acids is 1. The summed E-state index contributed by atoms with van der Waals surface area (Å²) in [7, 11) is 0. The third kappa shape index (κ3) is 4.92. The molecule has 0 aliphatic carbocycles. The van der Waals surface area contributed by atoms with Crippen LogP contribution in [0.2, 0.25) is 5.02 Å². The Labute approximate surface area is 202 Å². The van der Waals surface area contributed by atoms with Crippen LogP contribution in [-0.4, -0.2) is 48.6 Å². The number of nitrogens with zero attached hydrogens (tertiary/aromatic N) is 6.